The van der Waals surface area contributed by atoms with Crippen LogP contribution in [0.2, 0.25) is 0 Å². The van der Waals surface area contributed by atoms with E-state index in [1.165, 1.54) is 12.1 Å². The first-order valence-corrected chi connectivity index (χ1v) is 8.12. The summed E-state index contributed by atoms with van der Waals surface area (Å²) in [6.45, 7) is 0.211. The van der Waals surface area contributed by atoms with Gasteiger partial charge in [0.2, 0.25) is 0 Å². The molecule has 0 aliphatic heterocycles. The zero-order chi connectivity index (χ0) is 19.4. The number of ether oxygens (including phenoxy) is 1. The SMILES string of the molecule is CN(Cc1ccc(OCC(=O)O)cc1)c1ccc2cc([N+](=O)[O-])ccc2n1. The van der Waals surface area contributed by atoms with Crippen molar-refractivity contribution >= 4 is 28.4 Å². The molecule has 0 atom stereocenters. The molecule has 138 valence electrons. The second kappa shape index (κ2) is 7.69. The Balaban J connectivity index is 1.71. The van der Waals surface area contributed by atoms with E-state index in [0.29, 0.717) is 23.2 Å². The Labute approximate surface area is 154 Å². The van der Waals surface area contributed by atoms with Gasteiger partial charge in [0.15, 0.2) is 6.61 Å². The van der Waals surface area contributed by atoms with E-state index in [2.05, 4.69) is 4.98 Å². The molecule has 8 nitrogen and oxygen atoms in total. The summed E-state index contributed by atoms with van der Waals surface area (Å²) in [4.78, 5) is 27.5. The Morgan fingerprint density at radius 3 is 2.59 bits per heavy atom. The molecule has 8 heteroatoms. The lowest BCUT2D eigenvalue weighted by atomic mass is 10.2. The summed E-state index contributed by atoms with van der Waals surface area (Å²) >= 11 is 0. The largest absolute Gasteiger partial charge is 0.482 e. The Kier molecular flexibility index (Phi) is 5.16. The van der Waals surface area contributed by atoms with E-state index < -0.39 is 10.9 Å². The van der Waals surface area contributed by atoms with E-state index >= 15 is 0 Å². The van der Waals surface area contributed by atoms with Gasteiger partial charge in [-0.05, 0) is 35.9 Å². The van der Waals surface area contributed by atoms with Gasteiger partial charge in [-0.15, -0.1) is 0 Å². The lowest BCUT2D eigenvalue weighted by molar-refractivity contribution is -0.384. The van der Waals surface area contributed by atoms with Crippen molar-refractivity contribution in [3.05, 3.63) is 70.3 Å². The van der Waals surface area contributed by atoms with E-state index in [1.807, 2.05) is 36.2 Å². The van der Waals surface area contributed by atoms with Crippen LogP contribution in [-0.4, -0.2) is 34.6 Å². The minimum absolute atomic E-state index is 0.0376. The molecule has 2 aromatic carbocycles. The van der Waals surface area contributed by atoms with Crippen LogP contribution in [0.5, 0.6) is 5.75 Å². The number of anilines is 1. The van der Waals surface area contributed by atoms with Crippen molar-refractivity contribution in [3.8, 4) is 5.75 Å². The summed E-state index contributed by atoms with van der Waals surface area (Å²) in [5, 5.41) is 20.2. The van der Waals surface area contributed by atoms with Crippen molar-refractivity contribution < 1.29 is 19.6 Å². The highest BCUT2D eigenvalue weighted by molar-refractivity contribution is 5.82. The fourth-order valence-corrected chi connectivity index (χ4v) is 2.62. The highest BCUT2D eigenvalue weighted by Gasteiger charge is 2.09. The molecule has 0 bridgehead atoms. The van der Waals surface area contributed by atoms with Gasteiger partial charge in [-0.1, -0.05) is 12.1 Å². The van der Waals surface area contributed by atoms with E-state index in [4.69, 9.17) is 9.84 Å². The van der Waals surface area contributed by atoms with Crippen molar-refractivity contribution in [1.82, 2.24) is 4.98 Å². The van der Waals surface area contributed by atoms with Gasteiger partial charge in [0, 0.05) is 31.1 Å². The van der Waals surface area contributed by atoms with Crippen LogP contribution in [0, 0.1) is 10.1 Å². The number of carbonyl (C=O) groups is 1. The van der Waals surface area contributed by atoms with Crippen LogP contribution >= 0.6 is 0 Å². The number of non-ortho nitro benzene ring substituents is 1. The molecular weight excluding hydrogens is 350 g/mol. The number of aromatic nitrogens is 1. The van der Waals surface area contributed by atoms with E-state index in [0.717, 1.165) is 11.4 Å². The summed E-state index contributed by atoms with van der Waals surface area (Å²) in [5.74, 6) is 0.211. The molecule has 1 aromatic heterocycles. The summed E-state index contributed by atoms with van der Waals surface area (Å²) in [6.07, 6.45) is 0. The Morgan fingerprint density at radius 1 is 1.19 bits per heavy atom. The zero-order valence-corrected chi connectivity index (χ0v) is 14.5. The summed E-state index contributed by atoms with van der Waals surface area (Å²) < 4.78 is 5.11. The molecule has 0 fully saturated rings. The number of rotatable bonds is 7. The molecule has 0 aliphatic carbocycles. The number of nitro benzene ring substituents is 1. The molecule has 1 heterocycles. The smallest absolute Gasteiger partial charge is 0.341 e. The van der Waals surface area contributed by atoms with Crippen LogP contribution in [0.15, 0.2) is 54.6 Å². The number of benzene rings is 2. The van der Waals surface area contributed by atoms with E-state index in [-0.39, 0.29) is 12.3 Å². The van der Waals surface area contributed by atoms with Gasteiger partial charge in [-0.25, -0.2) is 9.78 Å². The van der Waals surface area contributed by atoms with Gasteiger partial charge < -0.3 is 14.7 Å². The minimum atomic E-state index is -1.02. The maximum atomic E-state index is 10.9. The summed E-state index contributed by atoms with van der Waals surface area (Å²) in [7, 11) is 1.90. The first-order valence-electron chi connectivity index (χ1n) is 8.12. The number of fused-ring (bicyclic) bond motifs is 1. The number of hydrogen-bond acceptors (Lipinski definition) is 6. The van der Waals surface area contributed by atoms with Crippen LogP contribution in [0.25, 0.3) is 10.9 Å². The number of nitro groups is 1. The average Bonchev–Trinajstić information content (AvgIpc) is 2.66. The molecule has 0 spiro atoms. The molecule has 3 rings (SSSR count). The lowest BCUT2D eigenvalue weighted by Crippen LogP contribution is -2.17. The van der Waals surface area contributed by atoms with Crippen molar-refractivity contribution in [1.29, 1.82) is 0 Å². The van der Waals surface area contributed by atoms with Gasteiger partial charge in [-0.3, -0.25) is 10.1 Å². The van der Waals surface area contributed by atoms with Gasteiger partial charge in [0.25, 0.3) is 5.69 Å². The van der Waals surface area contributed by atoms with Crippen molar-refractivity contribution in [2.24, 2.45) is 0 Å². The van der Waals surface area contributed by atoms with E-state index in [1.54, 1.807) is 18.2 Å². The van der Waals surface area contributed by atoms with Crippen LogP contribution in [-0.2, 0) is 11.3 Å². The summed E-state index contributed by atoms with van der Waals surface area (Å²) in [5.41, 5.74) is 1.73. The molecule has 1 N–H and O–H groups in total. The molecule has 0 saturated heterocycles. The second-order valence-corrected chi connectivity index (χ2v) is 5.99. The molecule has 0 unspecified atom stereocenters. The maximum absolute atomic E-state index is 10.9. The van der Waals surface area contributed by atoms with Gasteiger partial charge in [-0.2, -0.15) is 0 Å². The highest BCUT2D eigenvalue weighted by atomic mass is 16.6. The third-order valence-electron chi connectivity index (χ3n) is 3.97. The van der Waals surface area contributed by atoms with Gasteiger partial charge in [0.05, 0.1) is 10.4 Å². The minimum Gasteiger partial charge on any atom is -0.482 e. The van der Waals surface area contributed by atoms with E-state index in [9.17, 15) is 14.9 Å². The monoisotopic (exact) mass is 367 g/mol. The van der Waals surface area contributed by atoms with Crippen molar-refractivity contribution in [3.63, 3.8) is 0 Å². The van der Waals surface area contributed by atoms with Gasteiger partial charge in [0.1, 0.15) is 11.6 Å². The Hall–Kier alpha value is -3.68. The number of carboxylic acid groups (broad SMARTS) is 1. The van der Waals surface area contributed by atoms with Crippen LogP contribution in [0.1, 0.15) is 5.56 Å². The first-order chi connectivity index (χ1) is 12.9. The second-order valence-electron chi connectivity index (χ2n) is 5.99. The standard InChI is InChI=1S/C19H17N3O5/c1-21(11-13-2-6-16(7-3-13)27-12-19(23)24)18-9-4-14-10-15(22(25)26)5-8-17(14)20-18/h2-10H,11-12H2,1H3,(H,23,24). The van der Waals surface area contributed by atoms with Crippen LogP contribution in [0.4, 0.5) is 11.5 Å². The fraction of sp³-hybridized carbons (Fsp3) is 0.158. The number of hydrogen-bond donors (Lipinski definition) is 1. The predicted molar refractivity (Wildman–Crippen MR) is 100 cm³/mol. The average molecular weight is 367 g/mol. The molecule has 0 radical (unpaired) electrons. The van der Waals surface area contributed by atoms with Crippen LogP contribution < -0.4 is 9.64 Å². The first kappa shape index (κ1) is 18.1. The number of carboxylic acids is 1. The predicted octanol–water partition coefficient (Wildman–Crippen LogP) is 3.24. The quantitative estimate of drug-likeness (QED) is 0.505. The van der Waals surface area contributed by atoms with Crippen molar-refractivity contribution in [2.75, 3.05) is 18.6 Å². The third-order valence-corrected chi connectivity index (χ3v) is 3.97. The Bertz CT molecular complexity index is 988. The third kappa shape index (κ3) is 4.49. The molecule has 0 aliphatic rings. The molecular formula is C19H17N3O5. The maximum Gasteiger partial charge on any atom is 0.341 e. The zero-order valence-electron chi connectivity index (χ0n) is 14.5. The number of pyridine rings is 1. The molecule has 0 saturated carbocycles. The highest BCUT2D eigenvalue weighted by Crippen LogP contribution is 2.23. The topological polar surface area (TPSA) is 106 Å². The normalized spacial score (nSPS) is 10.6. The number of aliphatic carboxylic acids is 1. The van der Waals surface area contributed by atoms with Crippen LogP contribution in [0.3, 0.4) is 0 Å². The fourth-order valence-electron chi connectivity index (χ4n) is 2.62. The number of nitrogens with zero attached hydrogens (tertiary/aromatic N) is 3. The Morgan fingerprint density at radius 2 is 1.93 bits per heavy atom. The lowest BCUT2D eigenvalue weighted by Gasteiger charge is -2.19. The van der Waals surface area contributed by atoms with Crippen molar-refractivity contribution in [2.45, 2.75) is 6.54 Å². The summed E-state index contributed by atoms with van der Waals surface area (Å²) in [6, 6.07) is 15.4. The molecule has 27 heavy (non-hydrogen) atoms. The van der Waals surface area contributed by atoms with Gasteiger partial charge >= 0.3 is 5.97 Å². The molecule has 0 amide bonds. The molecule has 3 aromatic rings.